The lowest BCUT2D eigenvalue weighted by molar-refractivity contribution is -0.116. The molecule has 30 heavy (non-hydrogen) atoms. The number of benzene rings is 2. The highest BCUT2D eigenvalue weighted by molar-refractivity contribution is 5.92. The van der Waals surface area contributed by atoms with E-state index in [1.165, 1.54) is 10.7 Å². The van der Waals surface area contributed by atoms with Gasteiger partial charge in [0.25, 0.3) is 5.56 Å². The van der Waals surface area contributed by atoms with Crippen LogP contribution in [-0.2, 0) is 11.3 Å². The molecule has 3 rings (SSSR count). The Kier molecular flexibility index (Phi) is 7.21. The fourth-order valence-corrected chi connectivity index (χ4v) is 3.00. The van der Waals surface area contributed by atoms with Crippen LogP contribution in [0.1, 0.15) is 19.8 Å². The van der Waals surface area contributed by atoms with Crippen molar-refractivity contribution in [3.63, 3.8) is 0 Å². The van der Waals surface area contributed by atoms with Crippen molar-refractivity contribution in [1.82, 2.24) is 9.78 Å². The zero-order valence-electron chi connectivity index (χ0n) is 17.1. The maximum Gasteiger partial charge on any atom is 0.266 e. The summed E-state index contributed by atoms with van der Waals surface area (Å²) in [6.45, 7) is 2.76. The second kappa shape index (κ2) is 10.2. The zero-order valence-corrected chi connectivity index (χ0v) is 17.1. The smallest absolute Gasteiger partial charge is 0.266 e. The third kappa shape index (κ3) is 5.47. The SMILES string of the molecule is CCOc1ccccc1NC(=O)CCCn1nc(-c2cccc(OC)c2)ccc1=O. The van der Waals surface area contributed by atoms with Gasteiger partial charge in [-0.3, -0.25) is 9.59 Å². The molecule has 0 unspecified atom stereocenters. The Bertz CT molecular complexity index is 1060. The lowest BCUT2D eigenvalue weighted by Crippen LogP contribution is -2.23. The monoisotopic (exact) mass is 407 g/mol. The highest BCUT2D eigenvalue weighted by atomic mass is 16.5. The molecule has 3 aromatic rings. The molecule has 1 amide bonds. The number of para-hydroxylation sites is 2. The van der Waals surface area contributed by atoms with E-state index in [1.807, 2.05) is 49.4 Å². The van der Waals surface area contributed by atoms with Gasteiger partial charge in [-0.05, 0) is 43.7 Å². The van der Waals surface area contributed by atoms with Crippen LogP contribution in [0.15, 0.2) is 65.5 Å². The van der Waals surface area contributed by atoms with Gasteiger partial charge >= 0.3 is 0 Å². The number of carbonyl (C=O) groups excluding carboxylic acids is 1. The summed E-state index contributed by atoms with van der Waals surface area (Å²) >= 11 is 0. The number of amides is 1. The molecule has 0 fully saturated rings. The molecular weight excluding hydrogens is 382 g/mol. The number of hydrogen-bond acceptors (Lipinski definition) is 5. The zero-order chi connectivity index (χ0) is 21.3. The summed E-state index contributed by atoms with van der Waals surface area (Å²) in [4.78, 5) is 24.5. The van der Waals surface area contributed by atoms with Crippen LogP contribution < -0.4 is 20.3 Å². The van der Waals surface area contributed by atoms with Gasteiger partial charge in [0, 0.05) is 24.6 Å². The molecule has 0 saturated carbocycles. The number of aryl methyl sites for hydroxylation is 1. The molecule has 156 valence electrons. The molecule has 0 bridgehead atoms. The quantitative estimate of drug-likeness (QED) is 0.584. The van der Waals surface area contributed by atoms with E-state index in [-0.39, 0.29) is 17.9 Å². The molecule has 2 aromatic carbocycles. The summed E-state index contributed by atoms with van der Waals surface area (Å²) in [5.74, 6) is 1.22. The minimum absolute atomic E-state index is 0.140. The van der Waals surface area contributed by atoms with Crippen molar-refractivity contribution < 1.29 is 14.3 Å². The van der Waals surface area contributed by atoms with Gasteiger partial charge in [-0.1, -0.05) is 24.3 Å². The highest BCUT2D eigenvalue weighted by Gasteiger charge is 2.09. The lowest BCUT2D eigenvalue weighted by atomic mass is 10.1. The van der Waals surface area contributed by atoms with Crippen LogP contribution in [-0.4, -0.2) is 29.4 Å². The Balaban J connectivity index is 1.62. The maximum absolute atomic E-state index is 12.3. The molecule has 1 aromatic heterocycles. The number of methoxy groups -OCH3 is 1. The largest absolute Gasteiger partial charge is 0.497 e. The van der Waals surface area contributed by atoms with Crippen molar-refractivity contribution >= 4 is 11.6 Å². The Hall–Kier alpha value is -3.61. The van der Waals surface area contributed by atoms with Crippen molar-refractivity contribution in [1.29, 1.82) is 0 Å². The van der Waals surface area contributed by atoms with Crippen LogP contribution in [0.4, 0.5) is 5.69 Å². The Morgan fingerprint density at radius 2 is 1.93 bits per heavy atom. The first-order valence-electron chi connectivity index (χ1n) is 9.85. The third-order valence-electron chi connectivity index (χ3n) is 4.47. The summed E-state index contributed by atoms with van der Waals surface area (Å²) in [5.41, 5.74) is 1.96. The van der Waals surface area contributed by atoms with E-state index in [0.717, 1.165) is 11.3 Å². The number of hydrogen-bond donors (Lipinski definition) is 1. The number of carbonyl (C=O) groups is 1. The van der Waals surface area contributed by atoms with Gasteiger partial charge in [-0.2, -0.15) is 5.10 Å². The summed E-state index contributed by atoms with van der Waals surface area (Å²) in [5, 5.41) is 7.29. The van der Waals surface area contributed by atoms with Gasteiger partial charge in [-0.15, -0.1) is 0 Å². The number of nitrogens with zero attached hydrogens (tertiary/aromatic N) is 2. The van der Waals surface area contributed by atoms with Crippen molar-refractivity contribution in [3.05, 3.63) is 71.0 Å². The van der Waals surface area contributed by atoms with Crippen LogP contribution in [0.25, 0.3) is 11.3 Å². The van der Waals surface area contributed by atoms with E-state index < -0.39 is 0 Å². The summed E-state index contributed by atoms with van der Waals surface area (Å²) in [6, 6.07) is 18.0. The summed E-state index contributed by atoms with van der Waals surface area (Å²) < 4.78 is 12.1. The van der Waals surface area contributed by atoms with Crippen molar-refractivity contribution in [2.75, 3.05) is 19.0 Å². The van der Waals surface area contributed by atoms with E-state index in [2.05, 4.69) is 10.4 Å². The van der Waals surface area contributed by atoms with Gasteiger partial charge in [0.1, 0.15) is 11.5 Å². The molecule has 0 aliphatic carbocycles. The molecule has 1 heterocycles. The summed E-state index contributed by atoms with van der Waals surface area (Å²) in [7, 11) is 1.60. The molecule has 0 spiro atoms. The van der Waals surface area contributed by atoms with Crippen molar-refractivity contribution in [3.8, 4) is 22.8 Å². The van der Waals surface area contributed by atoms with E-state index in [9.17, 15) is 9.59 Å². The first-order valence-corrected chi connectivity index (χ1v) is 9.85. The molecule has 0 saturated heterocycles. The maximum atomic E-state index is 12.3. The second-order valence-corrected chi connectivity index (χ2v) is 6.59. The topological polar surface area (TPSA) is 82.4 Å². The molecule has 1 N–H and O–H groups in total. The van der Waals surface area contributed by atoms with Crippen molar-refractivity contribution in [2.24, 2.45) is 0 Å². The van der Waals surface area contributed by atoms with Gasteiger partial charge in [0.2, 0.25) is 5.91 Å². The number of anilines is 1. The minimum Gasteiger partial charge on any atom is -0.497 e. The van der Waals surface area contributed by atoms with E-state index in [4.69, 9.17) is 9.47 Å². The van der Waals surface area contributed by atoms with Crippen molar-refractivity contribution in [2.45, 2.75) is 26.3 Å². The Morgan fingerprint density at radius 1 is 1.10 bits per heavy atom. The van der Waals surface area contributed by atoms with Crippen LogP contribution in [0.5, 0.6) is 11.5 Å². The molecule has 7 nitrogen and oxygen atoms in total. The molecule has 0 atom stereocenters. The molecule has 7 heteroatoms. The van der Waals surface area contributed by atoms with E-state index in [1.54, 1.807) is 19.2 Å². The standard InChI is InChI=1S/C23H25N3O4/c1-3-30-21-11-5-4-10-20(21)24-22(27)12-7-15-26-23(28)14-13-19(25-26)17-8-6-9-18(16-17)29-2/h4-6,8-11,13-14,16H,3,7,12,15H2,1-2H3,(H,24,27). The molecule has 0 radical (unpaired) electrons. The van der Waals surface area contributed by atoms with Gasteiger partial charge in [0.15, 0.2) is 0 Å². The van der Waals surface area contributed by atoms with Gasteiger partial charge < -0.3 is 14.8 Å². The number of nitrogens with one attached hydrogen (secondary N) is 1. The summed E-state index contributed by atoms with van der Waals surface area (Å²) in [6.07, 6.45) is 0.745. The third-order valence-corrected chi connectivity index (χ3v) is 4.47. The average molecular weight is 407 g/mol. The van der Waals surface area contributed by atoms with Gasteiger partial charge in [0.05, 0.1) is 25.1 Å². The lowest BCUT2D eigenvalue weighted by Gasteiger charge is -2.11. The van der Waals surface area contributed by atoms with Crippen LogP contribution >= 0.6 is 0 Å². The number of aromatic nitrogens is 2. The normalized spacial score (nSPS) is 10.5. The fourth-order valence-electron chi connectivity index (χ4n) is 3.00. The Labute approximate surface area is 175 Å². The first-order chi connectivity index (χ1) is 14.6. The Morgan fingerprint density at radius 3 is 2.73 bits per heavy atom. The molecule has 0 aliphatic rings. The van der Waals surface area contributed by atoms with Crippen LogP contribution in [0.2, 0.25) is 0 Å². The number of rotatable bonds is 9. The average Bonchev–Trinajstić information content (AvgIpc) is 2.76. The number of ether oxygens (including phenoxy) is 2. The fraction of sp³-hybridized carbons (Fsp3) is 0.261. The molecular formula is C23H25N3O4. The predicted octanol–water partition coefficient (Wildman–Crippen LogP) is 3.74. The first kappa shape index (κ1) is 21.1. The van der Waals surface area contributed by atoms with Crippen LogP contribution in [0, 0.1) is 0 Å². The van der Waals surface area contributed by atoms with E-state index in [0.29, 0.717) is 36.7 Å². The molecule has 0 aliphatic heterocycles. The van der Waals surface area contributed by atoms with E-state index >= 15 is 0 Å². The predicted molar refractivity (Wildman–Crippen MR) is 116 cm³/mol. The highest BCUT2D eigenvalue weighted by Crippen LogP contribution is 2.24. The van der Waals surface area contributed by atoms with Crippen LogP contribution in [0.3, 0.4) is 0 Å². The van der Waals surface area contributed by atoms with Gasteiger partial charge in [-0.25, -0.2) is 4.68 Å². The second-order valence-electron chi connectivity index (χ2n) is 6.59. The minimum atomic E-state index is -0.205.